The number of hydrogen-bond donors (Lipinski definition) is 2. The number of carbonyl (C=O) groups is 1. The van der Waals surface area contributed by atoms with Gasteiger partial charge in [-0.05, 0) is 23.6 Å². The van der Waals surface area contributed by atoms with E-state index in [9.17, 15) is 9.59 Å². The van der Waals surface area contributed by atoms with E-state index in [0.717, 1.165) is 21.8 Å². The van der Waals surface area contributed by atoms with Gasteiger partial charge in [0.2, 0.25) is 5.56 Å². The van der Waals surface area contributed by atoms with E-state index in [-0.39, 0.29) is 18.1 Å². The fourth-order valence-electron chi connectivity index (χ4n) is 2.94. The largest absolute Gasteiger partial charge is 0.482 e. The van der Waals surface area contributed by atoms with Crippen LogP contribution in [0.25, 0.3) is 21.7 Å². The van der Waals surface area contributed by atoms with Gasteiger partial charge in [0, 0.05) is 22.5 Å². The smallest absolute Gasteiger partial charge is 0.262 e. The van der Waals surface area contributed by atoms with Crippen molar-refractivity contribution >= 4 is 33.3 Å². The molecule has 1 heterocycles. The number of hydrogen-bond acceptors (Lipinski definition) is 3. The summed E-state index contributed by atoms with van der Waals surface area (Å²) in [7, 11) is 0. The highest BCUT2D eigenvalue weighted by Crippen LogP contribution is 2.24. The van der Waals surface area contributed by atoms with Crippen LogP contribution in [0.2, 0.25) is 0 Å². The lowest BCUT2D eigenvalue weighted by molar-refractivity contribution is -0.118. The summed E-state index contributed by atoms with van der Waals surface area (Å²) in [4.78, 5) is 26.6. The topological polar surface area (TPSA) is 71.2 Å². The highest BCUT2D eigenvalue weighted by atomic mass is 16.5. The monoisotopic (exact) mass is 344 g/mol. The number of rotatable bonds is 4. The maximum absolute atomic E-state index is 12.3. The normalized spacial score (nSPS) is 10.8. The van der Waals surface area contributed by atoms with Crippen LogP contribution in [-0.2, 0) is 4.79 Å². The minimum absolute atomic E-state index is 0.154. The zero-order valence-electron chi connectivity index (χ0n) is 13.9. The zero-order chi connectivity index (χ0) is 17.9. The molecule has 0 aliphatic heterocycles. The van der Waals surface area contributed by atoms with Gasteiger partial charge in [-0.1, -0.05) is 48.5 Å². The number of anilines is 1. The molecule has 0 saturated heterocycles. The molecule has 4 rings (SSSR count). The molecular weight excluding hydrogens is 328 g/mol. The molecule has 26 heavy (non-hydrogen) atoms. The van der Waals surface area contributed by atoms with Crippen molar-refractivity contribution in [2.45, 2.75) is 0 Å². The summed E-state index contributed by atoms with van der Waals surface area (Å²) in [5.74, 6) is 0.199. The number of fused-ring (bicyclic) bond motifs is 2. The lowest BCUT2D eigenvalue weighted by atomic mass is 10.1. The molecule has 1 aromatic heterocycles. The standard InChI is InChI=1S/C21H16N2O3/c24-19-12-11-15-7-4-10-18(21(15)23-19)26-13-20(25)22-17-9-3-6-14-5-1-2-8-16(14)17/h1-12H,13H2,(H,22,25)(H,23,24). The number of nitrogens with one attached hydrogen (secondary N) is 2. The van der Waals surface area contributed by atoms with Crippen molar-refractivity contribution in [3.63, 3.8) is 0 Å². The van der Waals surface area contributed by atoms with Crippen LogP contribution in [-0.4, -0.2) is 17.5 Å². The second-order valence-corrected chi connectivity index (χ2v) is 5.91. The quantitative estimate of drug-likeness (QED) is 0.593. The third-order valence-corrected chi connectivity index (χ3v) is 4.14. The molecule has 0 bridgehead atoms. The first-order valence-corrected chi connectivity index (χ1v) is 8.23. The predicted molar refractivity (Wildman–Crippen MR) is 103 cm³/mol. The Balaban J connectivity index is 1.53. The van der Waals surface area contributed by atoms with E-state index < -0.39 is 0 Å². The molecule has 0 aliphatic rings. The first kappa shape index (κ1) is 15.9. The summed E-state index contributed by atoms with van der Waals surface area (Å²) in [5.41, 5.74) is 1.11. The van der Waals surface area contributed by atoms with Gasteiger partial charge in [0.05, 0.1) is 5.52 Å². The molecule has 0 saturated carbocycles. The Kier molecular flexibility index (Phi) is 4.11. The van der Waals surface area contributed by atoms with Crippen LogP contribution in [0, 0.1) is 0 Å². The maximum Gasteiger partial charge on any atom is 0.262 e. The van der Waals surface area contributed by atoms with E-state index in [2.05, 4.69) is 10.3 Å². The molecule has 2 N–H and O–H groups in total. The molecule has 0 atom stereocenters. The van der Waals surface area contributed by atoms with Gasteiger partial charge >= 0.3 is 0 Å². The molecule has 5 nitrogen and oxygen atoms in total. The van der Waals surface area contributed by atoms with Gasteiger partial charge in [0.15, 0.2) is 6.61 Å². The fraction of sp³-hybridized carbons (Fsp3) is 0.0476. The van der Waals surface area contributed by atoms with Crippen LogP contribution in [0.3, 0.4) is 0 Å². The van der Waals surface area contributed by atoms with Crippen LogP contribution in [0.4, 0.5) is 5.69 Å². The average Bonchev–Trinajstić information content (AvgIpc) is 2.66. The van der Waals surface area contributed by atoms with E-state index in [0.29, 0.717) is 11.3 Å². The van der Waals surface area contributed by atoms with E-state index in [4.69, 9.17) is 4.74 Å². The average molecular weight is 344 g/mol. The van der Waals surface area contributed by atoms with Gasteiger partial charge in [0.25, 0.3) is 5.91 Å². The summed E-state index contributed by atoms with van der Waals surface area (Å²) < 4.78 is 5.64. The van der Waals surface area contributed by atoms with E-state index in [1.807, 2.05) is 54.6 Å². The van der Waals surface area contributed by atoms with E-state index >= 15 is 0 Å². The molecule has 0 radical (unpaired) electrons. The van der Waals surface area contributed by atoms with Crippen molar-refractivity contribution in [3.8, 4) is 5.75 Å². The highest BCUT2D eigenvalue weighted by Gasteiger charge is 2.09. The van der Waals surface area contributed by atoms with Crippen LogP contribution < -0.4 is 15.6 Å². The fourth-order valence-corrected chi connectivity index (χ4v) is 2.94. The molecular formula is C21H16N2O3. The number of para-hydroxylation sites is 1. The molecule has 4 aromatic rings. The summed E-state index contributed by atoms with van der Waals surface area (Å²) in [5, 5.41) is 5.75. The minimum Gasteiger partial charge on any atom is -0.482 e. The van der Waals surface area contributed by atoms with Crippen molar-refractivity contribution in [3.05, 3.63) is 83.2 Å². The van der Waals surface area contributed by atoms with Crippen molar-refractivity contribution in [2.24, 2.45) is 0 Å². The Hall–Kier alpha value is -3.60. The highest BCUT2D eigenvalue weighted by molar-refractivity contribution is 6.02. The second kappa shape index (κ2) is 6.72. The number of H-pyrrole nitrogens is 1. The van der Waals surface area contributed by atoms with Gasteiger partial charge in [0.1, 0.15) is 5.75 Å². The zero-order valence-corrected chi connectivity index (χ0v) is 13.9. The number of ether oxygens (including phenoxy) is 1. The summed E-state index contributed by atoms with van der Waals surface area (Å²) >= 11 is 0. The van der Waals surface area contributed by atoms with Crippen molar-refractivity contribution in [1.82, 2.24) is 4.98 Å². The van der Waals surface area contributed by atoms with Gasteiger partial charge in [-0.15, -0.1) is 0 Å². The van der Waals surface area contributed by atoms with Crippen molar-refractivity contribution in [1.29, 1.82) is 0 Å². The van der Waals surface area contributed by atoms with Gasteiger partial charge in [-0.25, -0.2) is 0 Å². The lowest BCUT2D eigenvalue weighted by Gasteiger charge is -2.11. The molecule has 0 spiro atoms. The summed E-state index contributed by atoms with van der Waals surface area (Å²) in [6, 6.07) is 22.2. The third-order valence-electron chi connectivity index (χ3n) is 4.14. The Labute approximate surface area is 149 Å². The molecule has 0 aliphatic carbocycles. The number of amides is 1. The summed E-state index contributed by atoms with van der Waals surface area (Å²) in [6.07, 6.45) is 0. The number of pyridine rings is 1. The van der Waals surface area contributed by atoms with Crippen LogP contribution in [0.1, 0.15) is 0 Å². The Morgan fingerprint density at radius 1 is 0.885 bits per heavy atom. The Morgan fingerprint density at radius 2 is 1.65 bits per heavy atom. The van der Waals surface area contributed by atoms with Crippen LogP contribution >= 0.6 is 0 Å². The number of benzene rings is 3. The Bertz CT molecular complexity index is 1160. The molecule has 0 fully saturated rings. The molecule has 5 heteroatoms. The first-order chi connectivity index (χ1) is 12.7. The van der Waals surface area contributed by atoms with E-state index in [1.165, 1.54) is 6.07 Å². The van der Waals surface area contributed by atoms with Gasteiger partial charge in [-0.3, -0.25) is 9.59 Å². The van der Waals surface area contributed by atoms with Crippen LogP contribution in [0.15, 0.2) is 77.6 Å². The first-order valence-electron chi connectivity index (χ1n) is 8.23. The number of aromatic amines is 1. The lowest BCUT2D eigenvalue weighted by Crippen LogP contribution is -2.20. The summed E-state index contributed by atoms with van der Waals surface area (Å²) in [6.45, 7) is -0.154. The van der Waals surface area contributed by atoms with Gasteiger partial charge in [-0.2, -0.15) is 0 Å². The van der Waals surface area contributed by atoms with Crippen molar-refractivity contribution in [2.75, 3.05) is 11.9 Å². The molecule has 3 aromatic carbocycles. The predicted octanol–water partition coefficient (Wildman–Crippen LogP) is 3.70. The molecule has 128 valence electrons. The van der Waals surface area contributed by atoms with Crippen molar-refractivity contribution < 1.29 is 9.53 Å². The number of carbonyl (C=O) groups excluding carboxylic acids is 1. The third kappa shape index (κ3) is 3.15. The SMILES string of the molecule is O=C(COc1cccc2ccc(=O)[nH]c12)Nc1cccc2ccccc12. The molecule has 0 unspecified atom stereocenters. The number of aromatic nitrogens is 1. The van der Waals surface area contributed by atoms with Crippen LogP contribution in [0.5, 0.6) is 5.75 Å². The second-order valence-electron chi connectivity index (χ2n) is 5.91. The molecule has 1 amide bonds. The Morgan fingerprint density at radius 3 is 2.58 bits per heavy atom. The van der Waals surface area contributed by atoms with Gasteiger partial charge < -0.3 is 15.0 Å². The minimum atomic E-state index is -0.267. The van der Waals surface area contributed by atoms with E-state index in [1.54, 1.807) is 12.1 Å². The maximum atomic E-state index is 12.3.